The van der Waals surface area contributed by atoms with Crippen molar-refractivity contribution in [1.29, 1.82) is 0 Å². The maximum Gasteiger partial charge on any atom is 0.337 e. The lowest BCUT2D eigenvalue weighted by atomic mass is 10.2. The highest BCUT2D eigenvalue weighted by molar-refractivity contribution is 7.90. The number of benzene rings is 2. The molecule has 10 nitrogen and oxygen atoms in total. The quantitative estimate of drug-likeness (QED) is 0.321. The van der Waals surface area contributed by atoms with Crippen molar-refractivity contribution >= 4 is 28.0 Å². The first-order valence-electron chi connectivity index (χ1n) is 8.27. The van der Waals surface area contributed by atoms with Crippen LogP contribution in [0.1, 0.15) is 10.4 Å². The number of hydrogen-bond donors (Lipinski definition) is 1. The molecule has 29 heavy (non-hydrogen) atoms. The van der Waals surface area contributed by atoms with Gasteiger partial charge in [-0.1, -0.05) is 0 Å². The van der Waals surface area contributed by atoms with E-state index in [0.29, 0.717) is 11.5 Å². The maximum atomic E-state index is 12.8. The summed E-state index contributed by atoms with van der Waals surface area (Å²) < 4.78 is 50.1. The molecule has 2 N–H and O–H groups in total. The second-order valence-corrected chi connectivity index (χ2v) is 7.76. The number of carbonyl (C=O) groups excluding carboxylic acids is 1. The van der Waals surface area contributed by atoms with E-state index in [1.807, 2.05) is 0 Å². The number of methoxy groups -OCH3 is 1. The average molecular weight is 421 g/mol. The second kappa shape index (κ2) is 7.87. The highest BCUT2D eigenvalue weighted by atomic mass is 32.2. The van der Waals surface area contributed by atoms with Crippen molar-refractivity contribution in [2.24, 2.45) is 4.40 Å². The Morgan fingerprint density at radius 1 is 1.21 bits per heavy atom. The Hall–Kier alpha value is -3.47. The minimum Gasteiger partial charge on any atom is -0.465 e. The molecule has 0 bridgehead atoms. The summed E-state index contributed by atoms with van der Waals surface area (Å²) in [5.41, 5.74) is 5.88. The van der Waals surface area contributed by atoms with Crippen LogP contribution in [0.25, 0.3) is 0 Å². The largest absolute Gasteiger partial charge is 0.465 e. The normalized spacial score (nSPS) is 12.8. The Bertz CT molecular complexity index is 1080. The van der Waals surface area contributed by atoms with Gasteiger partial charge in [0.05, 0.1) is 18.4 Å². The zero-order valence-electron chi connectivity index (χ0n) is 15.9. The van der Waals surface area contributed by atoms with Gasteiger partial charge in [-0.05, 0) is 24.3 Å². The van der Waals surface area contributed by atoms with Crippen molar-refractivity contribution in [1.82, 2.24) is 4.90 Å². The van der Waals surface area contributed by atoms with Crippen molar-refractivity contribution < 1.29 is 32.2 Å². The average Bonchev–Trinajstić information content (AvgIpc) is 3.15. The van der Waals surface area contributed by atoms with Crippen LogP contribution in [-0.2, 0) is 14.8 Å². The molecule has 0 aromatic heterocycles. The summed E-state index contributed by atoms with van der Waals surface area (Å²) in [6.07, 6.45) is 1.11. The predicted octanol–water partition coefficient (Wildman–Crippen LogP) is 1.85. The van der Waals surface area contributed by atoms with Gasteiger partial charge in [-0.3, -0.25) is 0 Å². The molecule has 1 heterocycles. The van der Waals surface area contributed by atoms with Crippen LogP contribution in [0.4, 0.5) is 5.69 Å². The van der Waals surface area contributed by atoms with Crippen LogP contribution >= 0.6 is 0 Å². The SMILES string of the molecule is COC(=O)c1cc(N)c(Oc2ccc3c(c2)OCO3)c(S(=O)(=O)N=CN(C)C)c1. The molecule has 154 valence electrons. The van der Waals surface area contributed by atoms with Crippen molar-refractivity contribution in [2.75, 3.05) is 33.7 Å². The van der Waals surface area contributed by atoms with E-state index in [1.165, 1.54) is 24.1 Å². The molecule has 0 spiro atoms. The van der Waals surface area contributed by atoms with Crippen LogP contribution in [0.3, 0.4) is 0 Å². The number of esters is 1. The second-order valence-electron chi connectivity index (χ2n) is 6.16. The first-order chi connectivity index (χ1) is 13.7. The molecule has 0 saturated heterocycles. The number of nitrogen functional groups attached to an aromatic ring is 1. The van der Waals surface area contributed by atoms with Gasteiger partial charge in [0, 0.05) is 20.2 Å². The third-order valence-corrected chi connectivity index (χ3v) is 4.99. The molecule has 3 rings (SSSR count). The van der Waals surface area contributed by atoms with E-state index in [4.69, 9.17) is 19.9 Å². The van der Waals surface area contributed by atoms with E-state index in [1.54, 1.807) is 26.2 Å². The van der Waals surface area contributed by atoms with Gasteiger partial charge >= 0.3 is 5.97 Å². The zero-order chi connectivity index (χ0) is 21.2. The lowest BCUT2D eigenvalue weighted by molar-refractivity contribution is 0.0600. The van der Waals surface area contributed by atoms with Gasteiger partial charge in [-0.15, -0.1) is 4.40 Å². The third kappa shape index (κ3) is 4.35. The molecule has 0 amide bonds. The Morgan fingerprint density at radius 3 is 2.62 bits per heavy atom. The highest BCUT2D eigenvalue weighted by Gasteiger charge is 2.25. The topological polar surface area (TPSA) is 130 Å². The van der Waals surface area contributed by atoms with Gasteiger partial charge in [0.25, 0.3) is 10.0 Å². The molecule has 1 aliphatic rings. The number of ether oxygens (including phenoxy) is 4. The van der Waals surface area contributed by atoms with Gasteiger partial charge in [-0.25, -0.2) is 4.79 Å². The molecule has 2 aromatic carbocycles. The maximum absolute atomic E-state index is 12.8. The van der Waals surface area contributed by atoms with Crippen LogP contribution in [0.5, 0.6) is 23.0 Å². The number of hydrogen-bond acceptors (Lipinski definition) is 8. The Balaban J connectivity index is 2.11. The molecule has 0 atom stereocenters. The van der Waals surface area contributed by atoms with Crippen molar-refractivity contribution in [3.05, 3.63) is 35.9 Å². The Kier molecular flexibility index (Phi) is 5.50. The fraction of sp³-hybridized carbons (Fsp3) is 0.222. The molecule has 2 aromatic rings. The summed E-state index contributed by atoms with van der Waals surface area (Å²) in [5.74, 6) is 0.323. The van der Waals surface area contributed by atoms with Crippen LogP contribution in [0.15, 0.2) is 39.6 Å². The summed E-state index contributed by atoms with van der Waals surface area (Å²) >= 11 is 0. The van der Waals surface area contributed by atoms with Gasteiger partial charge in [0.1, 0.15) is 17.0 Å². The highest BCUT2D eigenvalue weighted by Crippen LogP contribution is 2.40. The van der Waals surface area contributed by atoms with Crippen LogP contribution in [-0.4, -0.2) is 53.6 Å². The van der Waals surface area contributed by atoms with E-state index in [-0.39, 0.29) is 34.4 Å². The lowest BCUT2D eigenvalue weighted by Gasteiger charge is -2.14. The molecule has 11 heteroatoms. The van der Waals surface area contributed by atoms with Crippen molar-refractivity contribution in [2.45, 2.75) is 4.90 Å². The molecule has 0 saturated carbocycles. The summed E-state index contributed by atoms with van der Waals surface area (Å²) in [4.78, 5) is 13.0. The number of sulfonamides is 1. The van der Waals surface area contributed by atoms with Gasteiger partial charge in [0.2, 0.25) is 6.79 Å². The zero-order valence-corrected chi connectivity index (χ0v) is 16.7. The lowest BCUT2D eigenvalue weighted by Crippen LogP contribution is -2.12. The molecular formula is C18H19N3O7S. The van der Waals surface area contributed by atoms with Gasteiger partial charge in [0.15, 0.2) is 17.2 Å². The minimum absolute atomic E-state index is 0.0540. The number of rotatable bonds is 6. The van der Waals surface area contributed by atoms with E-state index in [2.05, 4.69) is 9.13 Å². The van der Waals surface area contributed by atoms with Gasteiger partial charge in [-0.2, -0.15) is 8.42 Å². The van der Waals surface area contributed by atoms with Crippen molar-refractivity contribution in [3.63, 3.8) is 0 Å². The van der Waals surface area contributed by atoms with Crippen LogP contribution in [0.2, 0.25) is 0 Å². The third-order valence-electron chi connectivity index (χ3n) is 3.76. The van der Waals surface area contributed by atoms with Crippen molar-refractivity contribution in [3.8, 4) is 23.0 Å². The van der Waals surface area contributed by atoms with E-state index in [0.717, 1.165) is 12.4 Å². The number of carbonyl (C=O) groups is 1. The smallest absolute Gasteiger partial charge is 0.337 e. The Labute approximate surface area is 167 Å². The fourth-order valence-electron chi connectivity index (χ4n) is 2.43. The molecule has 1 aliphatic heterocycles. The first-order valence-corrected chi connectivity index (χ1v) is 9.71. The first kappa shape index (κ1) is 20.3. The number of nitrogens with zero attached hydrogens (tertiary/aromatic N) is 2. The minimum atomic E-state index is -4.25. The number of fused-ring (bicyclic) bond motifs is 1. The molecule has 0 aliphatic carbocycles. The van der Waals surface area contributed by atoms with E-state index >= 15 is 0 Å². The number of nitrogens with two attached hydrogens (primary N) is 1. The van der Waals surface area contributed by atoms with E-state index in [9.17, 15) is 13.2 Å². The van der Waals surface area contributed by atoms with Crippen LogP contribution < -0.4 is 19.9 Å². The molecule has 0 unspecified atom stereocenters. The summed E-state index contributed by atoms with van der Waals surface area (Å²) in [6.45, 7) is 0.0770. The predicted molar refractivity (Wildman–Crippen MR) is 104 cm³/mol. The summed E-state index contributed by atoms with van der Waals surface area (Å²) in [6, 6.07) is 7.10. The molecule has 0 fully saturated rings. The monoisotopic (exact) mass is 421 g/mol. The number of anilines is 1. The standard InChI is InChI=1S/C18H19N3O7S/c1-21(2)9-20-29(23,24)16-7-11(18(22)25-3)6-13(19)17(16)28-12-4-5-14-15(8-12)27-10-26-14/h4-9H,10,19H2,1-3H3. The summed E-state index contributed by atoms with van der Waals surface area (Å²) in [5, 5.41) is 0. The Morgan fingerprint density at radius 2 is 1.93 bits per heavy atom. The summed E-state index contributed by atoms with van der Waals surface area (Å²) in [7, 11) is 0.156. The van der Waals surface area contributed by atoms with E-state index < -0.39 is 16.0 Å². The molecule has 0 radical (unpaired) electrons. The fourth-order valence-corrected chi connectivity index (χ4v) is 3.53. The van der Waals surface area contributed by atoms with Gasteiger partial charge < -0.3 is 29.6 Å². The molecular weight excluding hydrogens is 402 g/mol. The van der Waals surface area contributed by atoms with Crippen LogP contribution in [0, 0.1) is 0 Å².